The van der Waals surface area contributed by atoms with Crippen molar-refractivity contribution in [3.05, 3.63) is 10.2 Å². The summed E-state index contributed by atoms with van der Waals surface area (Å²) in [6, 6.07) is 0. The normalized spacial score (nSPS) is 13.0. The molecule has 0 aliphatic rings. The van der Waals surface area contributed by atoms with E-state index in [9.17, 15) is 0 Å². The number of halogens is 1. The molecule has 0 N–H and O–H groups in total. The molecule has 0 saturated heterocycles. The average molecular weight is 162 g/mol. The molecule has 0 amide bonds. The van der Waals surface area contributed by atoms with E-state index in [1.807, 2.05) is 13.8 Å². The Labute approximate surface area is 52.3 Å². The van der Waals surface area contributed by atoms with Crippen molar-refractivity contribution in [3.8, 4) is 0 Å². The average Bonchev–Trinajstić information content (AvgIpc) is 1.65. The first-order valence-electron chi connectivity index (χ1n) is 1.98. The fourth-order valence-corrected chi connectivity index (χ4v) is 0.234. The second-order valence-corrected chi connectivity index (χ2v) is 2.47. The van der Waals surface area contributed by atoms with Crippen LogP contribution in [-0.4, -0.2) is 6.72 Å². The van der Waals surface area contributed by atoms with E-state index < -0.39 is 0 Å². The predicted octanol–water partition coefficient (Wildman–Crippen LogP) is 2.33. The molecule has 0 aliphatic heterocycles. The van der Waals surface area contributed by atoms with Gasteiger partial charge in [0.1, 0.15) is 0 Å². The third-order valence-electron chi connectivity index (χ3n) is 0.736. The predicted molar refractivity (Wildman–Crippen MR) is 36.9 cm³/mol. The second-order valence-electron chi connectivity index (χ2n) is 1.28. The molecule has 0 unspecified atom stereocenters. The lowest BCUT2D eigenvalue weighted by molar-refractivity contribution is 1.29. The SMILES string of the molecule is C=NC(C)=C(C)Br. The van der Waals surface area contributed by atoms with E-state index in [2.05, 4.69) is 27.6 Å². The molecule has 0 radical (unpaired) electrons. The topological polar surface area (TPSA) is 12.4 Å². The van der Waals surface area contributed by atoms with Crippen LogP contribution in [0.3, 0.4) is 0 Å². The van der Waals surface area contributed by atoms with Gasteiger partial charge in [-0.2, -0.15) is 0 Å². The van der Waals surface area contributed by atoms with Crippen molar-refractivity contribution in [1.29, 1.82) is 0 Å². The van der Waals surface area contributed by atoms with Crippen molar-refractivity contribution < 1.29 is 0 Å². The molecule has 0 bridgehead atoms. The summed E-state index contributed by atoms with van der Waals surface area (Å²) in [6.07, 6.45) is 0. The van der Waals surface area contributed by atoms with E-state index in [1.165, 1.54) is 0 Å². The van der Waals surface area contributed by atoms with Crippen molar-refractivity contribution in [2.45, 2.75) is 13.8 Å². The van der Waals surface area contributed by atoms with Gasteiger partial charge in [0, 0.05) is 10.2 Å². The largest absolute Gasteiger partial charge is 0.269 e. The minimum atomic E-state index is 0.944. The smallest absolute Gasteiger partial charge is 0.0463 e. The van der Waals surface area contributed by atoms with Crippen LogP contribution in [0.25, 0.3) is 0 Å². The summed E-state index contributed by atoms with van der Waals surface area (Å²) in [7, 11) is 0. The summed E-state index contributed by atoms with van der Waals surface area (Å²) >= 11 is 3.25. The molecule has 7 heavy (non-hydrogen) atoms. The lowest BCUT2D eigenvalue weighted by atomic mass is 10.5. The molecule has 1 nitrogen and oxygen atoms in total. The molecule has 0 aromatic rings. The van der Waals surface area contributed by atoms with Crippen molar-refractivity contribution in [1.82, 2.24) is 0 Å². The molecule has 0 rings (SSSR count). The van der Waals surface area contributed by atoms with Crippen LogP contribution in [0, 0.1) is 0 Å². The summed E-state index contributed by atoms with van der Waals surface area (Å²) in [5.41, 5.74) is 0.944. The molecule has 40 valence electrons. The molecule has 0 atom stereocenters. The van der Waals surface area contributed by atoms with Crippen LogP contribution < -0.4 is 0 Å². The van der Waals surface area contributed by atoms with Gasteiger partial charge < -0.3 is 0 Å². The number of allylic oxidation sites excluding steroid dienone is 2. The minimum Gasteiger partial charge on any atom is -0.269 e. The van der Waals surface area contributed by atoms with Crippen LogP contribution in [0.4, 0.5) is 0 Å². The van der Waals surface area contributed by atoms with Gasteiger partial charge in [-0.15, -0.1) is 0 Å². The monoisotopic (exact) mass is 161 g/mol. The standard InChI is InChI=1S/C5H8BrN/c1-4(6)5(2)7-3/h3H2,1-2H3. The van der Waals surface area contributed by atoms with Crippen molar-refractivity contribution in [3.63, 3.8) is 0 Å². The van der Waals surface area contributed by atoms with Gasteiger partial charge in [-0.1, -0.05) is 15.9 Å². The van der Waals surface area contributed by atoms with E-state index in [0.29, 0.717) is 0 Å². The van der Waals surface area contributed by atoms with E-state index in [4.69, 9.17) is 0 Å². The highest BCUT2D eigenvalue weighted by Crippen LogP contribution is 2.09. The lowest BCUT2D eigenvalue weighted by Gasteiger charge is -1.87. The summed E-state index contributed by atoms with van der Waals surface area (Å²) in [6.45, 7) is 7.18. The Balaban J connectivity index is 3.98. The third-order valence-corrected chi connectivity index (χ3v) is 1.31. The fraction of sp³-hybridized carbons (Fsp3) is 0.400. The Morgan fingerprint density at radius 3 is 2.00 bits per heavy atom. The quantitative estimate of drug-likeness (QED) is 0.524. The van der Waals surface area contributed by atoms with Gasteiger partial charge in [0.25, 0.3) is 0 Å². The maximum Gasteiger partial charge on any atom is 0.0463 e. The first-order chi connectivity index (χ1) is 3.18. The Bertz CT molecular complexity index is 101. The Kier molecular flexibility index (Phi) is 2.92. The molecular weight excluding hydrogens is 154 g/mol. The van der Waals surface area contributed by atoms with Gasteiger partial charge in [0.05, 0.1) is 0 Å². The maximum absolute atomic E-state index is 3.67. The zero-order chi connectivity index (χ0) is 5.86. The molecule has 0 aliphatic carbocycles. The number of aliphatic imine (C=N–C) groups is 1. The molecule has 0 aromatic heterocycles. The van der Waals surface area contributed by atoms with Gasteiger partial charge in [-0.05, 0) is 20.6 Å². The van der Waals surface area contributed by atoms with Crippen LogP contribution in [0.15, 0.2) is 15.2 Å². The lowest BCUT2D eigenvalue weighted by Crippen LogP contribution is -1.66. The first kappa shape index (κ1) is 6.89. The van der Waals surface area contributed by atoms with E-state index in [0.717, 1.165) is 10.2 Å². The molecule has 2 heteroatoms. The second kappa shape index (κ2) is 2.97. The highest BCUT2D eigenvalue weighted by Gasteiger charge is 1.82. The van der Waals surface area contributed by atoms with Crippen LogP contribution in [0.1, 0.15) is 13.8 Å². The van der Waals surface area contributed by atoms with Crippen molar-refractivity contribution in [2.24, 2.45) is 4.99 Å². The molecule has 0 heterocycles. The van der Waals surface area contributed by atoms with Gasteiger partial charge in [-0.25, -0.2) is 0 Å². The molecular formula is C5H8BrN. The Morgan fingerprint density at radius 2 is 2.00 bits per heavy atom. The van der Waals surface area contributed by atoms with E-state index in [1.54, 1.807) is 0 Å². The van der Waals surface area contributed by atoms with Crippen LogP contribution in [-0.2, 0) is 0 Å². The molecule has 0 saturated carbocycles. The van der Waals surface area contributed by atoms with Crippen LogP contribution >= 0.6 is 15.9 Å². The molecule has 0 spiro atoms. The molecule has 0 fully saturated rings. The number of rotatable bonds is 1. The highest BCUT2D eigenvalue weighted by molar-refractivity contribution is 9.11. The van der Waals surface area contributed by atoms with E-state index in [-0.39, 0.29) is 0 Å². The van der Waals surface area contributed by atoms with Gasteiger partial charge in [0.15, 0.2) is 0 Å². The Hall–Kier alpha value is -0.110. The minimum absolute atomic E-state index is 0.944. The maximum atomic E-state index is 3.67. The summed E-state index contributed by atoms with van der Waals surface area (Å²) in [4.78, 5) is 3.67. The summed E-state index contributed by atoms with van der Waals surface area (Å²) < 4.78 is 1.04. The number of nitrogens with zero attached hydrogens (tertiary/aromatic N) is 1. The number of hydrogen-bond donors (Lipinski definition) is 0. The molecule has 0 aromatic carbocycles. The van der Waals surface area contributed by atoms with Gasteiger partial charge in [0.2, 0.25) is 0 Å². The van der Waals surface area contributed by atoms with Crippen LogP contribution in [0.5, 0.6) is 0 Å². The van der Waals surface area contributed by atoms with Crippen molar-refractivity contribution in [2.75, 3.05) is 0 Å². The zero-order valence-electron chi connectivity index (χ0n) is 4.53. The zero-order valence-corrected chi connectivity index (χ0v) is 6.12. The fourth-order valence-electron chi connectivity index (χ4n) is 0.109. The number of hydrogen-bond acceptors (Lipinski definition) is 1. The highest BCUT2D eigenvalue weighted by atomic mass is 79.9. The van der Waals surface area contributed by atoms with Gasteiger partial charge >= 0.3 is 0 Å². The van der Waals surface area contributed by atoms with Crippen LogP contribution in [0.2, 0.25) is 0 Å². The first-order valence-corrected chi connectivity index (χ1v) is 2.77. The van der Waals surface area contributed by atoms with Crippen molar-refractivity contribution >= 4 is 22.6 Å². The third kappa shape index (κ3) is 2.57. The Morgan fingerprint density at radius 1 is 1.57 bits per heavy atom. The van der Waals surface area contributed by atoms with E-state index >= 15 is 0 Å². The summed E-state index contributed by atoms with van der Waals surface area (Å²) in [5, 5.41) is 0. The van der Waals surface area contributed by atoms with Gasteiger partial charge in [-0.3, -0.25) is 4.99 Å². The summed E-state index contributed by atoms with van der Waals surface area (Å²) in [5.74, 6) is 0.